The third kappa shape index (κ3) is 6.84. The smallest absolute Gasteiger partial charge is 0.221 e. The highest BCUT2D eigenvalue weighted by atomic mass is 32.1. The van der Waals surface area contributed by atoms with Gasteiger partial charge in [0, 0.05) is 19.2 Å². The number of thiocarbonyl (C=S) groups is 1. The first kappa shape index (κ1) is 16.1. The Kier molecular flexibility index (Phi) is 7.27. The van der Waals surface area contributed by atoms with Gasteiger partial charge in [-0.15, -0.1) is 0 Å². The molecule has 1 aromatic rings. The second-order valence-corrected chi connectivity index (χ2v) is 4.69. The molecule has 1 rings (SSSR count). The predicted molar refractivity (Wildman–Crippen MR) is 87.0 cm³/mol. The Morgan fingerprint density at radius 3 is 2.65 bits per heavy atom. The van der Waals surface area contributed by atoms with Gasteiger partial charge in [-0.25, -0.2) is 0 Å². The van der Waals surface area contributed by atoms with Gasteiger partial charge in [-0.3, -0.25) is 10.2 Å². The highest BCUT2D eigenvalue weighted by molar-refractivity contribution is 7.80. The normalized spacial score (nSPS) is 10.3. The Bertz CT molecular complexity index is 471. The summed E-state index contributed by atoms with van der Waals surface area (Å²) in [5.74, 6) is -0.0865. The minimum absolute atomic E-state index is 0.0865. The van der Waals surface area contributed by atoms with Crippen LogP contribution in [0.4, 0.5) is 5.69 Å². The molecule has 0 unspecified atom stereocenters. The topological polar surface area (TPSA) is 65.5 Å². The number of nitrogens with zero attached hydrogens (tertiary/aromatic N) is 1. The van der Waals surface area contributed by atoms with Crippen molar-refractivity contribution in [2.24, 2.45) is 5.10 Å². The fraction of sp³-hybridized carbons (Fsp3) is 0.357. The number of benzene rings is 1. The molecule has 0 spiro atoms. The zero-order valence-electron chi connectivity index (χ0n) is 11.8. The number of hydrazone groups is 1. The van der Waals surface area contributed by atoms with E-state index < -0.39 is 0 Å². The summed E-state index contributed by atoms with van der Waals surface area (Å²) in [5, 5.41) is 10.3. The molecule has 0 aliphatic carbocycles. The average molecular weight is 292 g/mol. The molecule has 108 valence electrons. The van der Waals surface area contributed by atoms with Crippen LogP contribution in [0.1, 0.15) is 32.3 Å². The summed E-state index contributed by atoms with van der Waals surface area (Å²) in [6, 6.07) is 7.37. The van der Waals surface area contributed by atoms with Crippen molar-refractivity contribution in [1.29, 1.82) is 0 Å². The zero-order chi connectivity index (χ0) is 14.8. The molecule has 1 aromatic carbocycles. The molecule has 0 bridgehead atoms. The van der Waals surface area contributed by atoms with E-state index in [1.807, 2.05) is 24.3 Å². The number of hydrogen-bond donors (Lipinski definition) is 3. The maximum absolute atomic E-state index is 10.9. The number of nitrogens with one attached hydrogen (secondary N) is 3. The number of anilines is 1. The van der Waals surface area contributed by atoms with E-state index in [1.54, 1.807) is 6.21 Å². The zero-order valence-corrected chi connectivity index (χ0v) is 12.6. The summed E-state index contributed by atoms with van der Waals surface area (Å²) in [6.07, 6.45) is 3.88. The molecule has 0 radical (unpaired) electrons. The van der Waals surface area contributed by atoms with Crippen LogP contribution in [0, 0.1) is 0 Å². The summed E-state index contributed by atoms with van der Waals surface area (Å²) in [5.41, 5.74) is 4.44. The summed E-state index contributed by atoms with van der Waals surface area (Å²) < 4.78 is 0. The van der Waals surface area contributed by atoms with Crippen LogP contribution in [-0.4, -0.2) is 23.8 Å². The molecular formula is C14H20N4OS. The van der Waals surface area contributed by atoms with E-state index in [0.717, 1.165) is 30.6 Å². The third-order valence-corrected chi connectivity index (χ3v) is 2.66. The van der Waals surface area contributed by atoms with Gasteiger partial charge in [-0.1, -0.05) is 25.5 Å². The minimum atomic E-state index is -0.0865. The molecule has 0 fully saturated rings. The first-order chi connectivity index (χ1) is 9.61. The van der Waals surface area contributed by atoms with Crippen LogP contribution in [0.3, 0.4) is 0 Å². The maximum atomic E-state index is 10.9. The van der Waals surface area contributed by atoms with Gasteiger partial charge in [0.05, 0.1) is 6.21 Å². The van der Waals surface area contributed by atoms with E-state index in [2.05, 4.69) is 28.1 Å². The highest BCUT2D eigenvalue weighted by Gasteiger charge is 1.95. The van der Waals surface area contributed by atoms with Gasteiger partial charge in [-0.05, 0) is 36.3 Å². The van der Waals surface area contributed by atoms with E-state index in [0.29, 0.717) is 5.11 Å². The molecule has 20 heavy (non-hydrogen) atoms. The van der Waals surface area contributed by atoms with Crippen molar-refractivity contribution in [1.82, 2.24) is 10.7 Å². The summed E-state index contributed by atoms with van der Waals surface area (Å²) >= 11 is 5.07. The lowest BCUT2D eigenvalue weighted by Gasteiger charge is -2.05. The van der Waals surface area contributed by atoms with Gasteiger partial charge in [0.15, 0.2) is 5.11 Å². The van der Waals surface area contributed by atoms with Crippen molar-refractivity contribution in [2.45, 2.75) is 26.7 Å². The first-order valence-corrected chi connectivity index (χ1v) is 6.97. The minimum Gasteiger partial charge on any atom is -0.361 e. The van der Waals surface area contributed by atoms with Crippen molar-refractivity contribution in [3.05, 3.63) is 29.8 Å². The van der Waals surface area contributed by atoms with Crippen LogP contribution in [0.25, 0.3) is 0 Å². The molecule has 0 aliphatic rings. The summed E-state index contributed by atoms with van der Waals surface area (Å²) in [6.45, 7) is 4.45. The molecule has 0 saturated heterocycles. The average Bonchev–Trinajstić information content (AvgIpc) is 2.40. The van der Waals surface area contributed by atoms with Crippen LogP contribution in [0.5, 0.6) is 0 Å². The second kappa shape index (κ2) is 9.03. The molecule has 3 N–H and O–H groups in total. The quantitative estimate of drug-likeness (QED) is 0.326. The molecule has 6 heteroatoms. The number of amides is 1. The molecule has 0 saturated carbocycles. The van der Waals surface area contributed by atoms with E-state index in [1.165, 1.54) is 6.92 Å². The lowest BCUT2D eigenvalue weighted by Crippen LogP contribution is -2.32. The van der Waals surface area contributed by atoms with Gasteiger partial charge in [-0.2, -0.15) is 5.10 Å². The fourth-order valence-corrected chi connectivity index (χ4v) is 1.59. The Morgan fingerprint density at radius 1 is 1.35 bits per heavy atom. The van der Waals surface area contributed by atoms with Crippen molar-refractivity contribution in [2.75, 3.05) is 11.9 Å². The van der Waals surface area contributed by atoms with E-state index in [4.69, 9.17) is 12.2 Å². The molecule has 0 aromatic heterocycles. The Labute approximate surface area is 124 Å². The number of carbonyl (C=O) groups excluding carboxylic acids is 1. The number of unbranched alkanes of at least 4 members (excludes halogenated alkanes) is 1. The number of carbonyl (C=O) groups is 1. The molecule has 0 aliphatic heterocycles. The Hall–Kier alpha value is -1.95. The number of hydrogen-bond acceptors (Lipinski definition) is 3. The van der Waals surface area contributed by atoms with Gasteiger partial charge in [0.25, 0.3) is 0 Å². The SMILES string of the molecule is CCCCNC(=S)N/N=C\c1ccc(NC(C)=O)cc1. The van der Waals surface area contributed by atoms with Crippen molar-refractivity contribution in [3.63, 3.8) is 0 Å². The van der Waals surface area contributed by atoms with Gasteiger partial charge < -0.3 is 10.6 Å². The van der Waals surface area contributed by atoms with Crippen molar-refractivity contribution < 1.29 is 4.79 Å². The molecule has 5 nitrogen and oxygen atoms in total. The third-order valence-electron chi connectivity index (χ3n) is 2.43. The van der Waals surface area contributed by atoms with Crippen molar-refractivity contribution >= 4 is 35.1 Å². The second-order valence-electron chi connectivity index (χ2n) is 4.28. The predicted octanol–water partition coefficient (Wildman–Crippen LogP) is 2.24. The summed E-state index contributed by atoms with van der Waals surface area (Å²) in [7, 11) is 0. The van der Waals surface area contributed by atoms with Gasteiger partial charge in [0.2, 0.25) is 5.91 Å². The highest BCUT2D eigenvalue weighted by Crippen LogP contribution is 2.07. The van der Waals surface area contributed by atoms with E-state index in [9.17, 15) is 4.79 Å². The molecule has 0 heterocycles. The van der Waals surface area contributed by atoms with Crippen LogP contribution in [0.2, 0.25) is 0 Å². The van der Waals surface area contributed by atoms with Gasteiger partial charge >= 0.3 is 0 Å². The van der Waals surface area contributed by atoms with Crippen LogP contribution in [-0.2, 0) is 4.79 Å². The standard InChI is InChI=1S/C14H20N4OS/c1-3-4-9-15-14(20)18-16-10-12-5-7-13(8-6-12)17-11(2)19/h5-8,10H,3-4,9H2,1-2H3,(H,17,19)(H2,15,18,20)/b16-10-. The molecule has 1 amide bonds. The maximum Gasteiger partial charge on any atom is 0.221 e. The van der Waals surface area contributed by atoms with E-state index in [-0.39, 0.29) is 5.91 Å². The van der Waals surface area contributed by atoms with Crippen LogP contribution in [0.15, 0.2) is 29.4 Å². The molecular weight excluding hydrogens is 272 g/mol. The lowest BCUT2D eigenvalue weighted by atomic mass is 10.2. The van der Waals surface area contributed by atoms with Crippen molar-refractivity contribution in [3.8, 4) is 0 Å². The van der Waals surface area contributed by atoms with Gasteiger partial charge in [0.1, 0.15) is 0 Å². The van der Waals surface area contributed by atoms with Crippen LogP contribution >= 0.6 is 12.2 Å². The fourth-order valence-electron chi connectivity index (χ4n) is 1.44. The lowest BCUT2D eigenvalue weighted by molar-refractivity contribution is -0.114. The molecule has 0 atom stereocenters. The summed E-state index contributed by atoms with van der Waals surface area (Å²) in [4.78, 5) is 10.9. The van der Waals surface area contributed by atoms with E-state index >= 15 is 0 Å². The Balaban J connectivity index is 2.38. The van der Waals surface area contributed by atoms with Crippen LogP contribution < -0.4 is 16.1 Å². The first-order valence-electron chi connectivity index (χ1n) is 6.56. The largest absolute Gasteiger partial charge is 0.361 e. The monoisotopic (exact) mass is 292 g/mol. The number of rotatable bonds is 6. The Morgan fingerprint density at radius 2 is 2.05 bits per heavy atom.